The number of carbonyl (C=O) groups is 1. The van der Waals surface area contributed by atoms with Gasteiger partial charge in [-0.2, -0.15) is 0 Å². The minimum atomic E-state index is -0.412. The fraction of sp³-hybridized carbons (Fsp3) is 0.941. The second-order valence-corrected chi connectivity index (χ2v) is 7.07. The summed E-state index contributed by atoms with van der Waals surface area (Å²) in [5.74, 6) is 0.870. The van der Waals surface area contributed by atoms with E-state index in [0.29, 0.717) is 31.4 Å². The van der Waals surface area contributed by atoms with Gasteiger partial charge in [-0.15, -0.1) is 0 Å². The smallest absolute Gasteiger partial charge is 0.222 e. The fourth-order valence-corrected chi connectivity index (χ4v) is 3.37. The van der Waals surface area contributed by atoms with Gasteiger partial charge in [-0.1, -0.05) is 0 Å². The highest BCUT2D eigenvalue weighted by Gasteiger charge is 2.25. The Kier molecular flexibility index (Phi) is 7.12. The van der Waals surface area contributed by atoms with Crippen LogP contribution in [0.25, 0.3) is 0 Å². The number of rotatable bonds is 7. The van der Waals surface area contributed by atoms with Crippen molar-refractivity contribution in [2.24, 2.45) is 5.92 Å². The number of nitrogens with zero attached hydrogens (tertiary/aromatic N) is 2. The van der Waals surface area contributed by atoms with Crippen molar-refractivity contribution in [2.45, 2.75) is 58.2 Å². The molecule has 0 aliphatic carbocycles. The molecular formula is C17H32N2O3. The molecule has 1 amide bonds. The van der Waals surface area contributed by atoms with Crippen LogP contribution in [-0.2, 0) is 9.53 Å². The molecule has 0 aromatic heterocycles. The second-order valence-electron chi connectivity index (χ2n) is 7.07. The van der Waals surface area contributed by atoms with Crippen LogP contribution in [0.2, 0.25) is 0 Å². The Morgan fingerprint density at radius 1 is 1.18 bits per heavy atom. The Morgan fingerprint density at radius 3 is 2.41 bits per heavy atom. The van der Waals surface area contributed by atoms with Crippen LogP contribution in [0.5, 0.6) is 0 Å². The standard InChI is InChI=1S/C17H32N2O3/c1-14(2)22-13-16(20)12-18-9-5-15(6-10-18)11-17(21)19-7-3-4-8-19/h14-16,20H,3-13H2,1-2H3. The maximum absolute atomic E-state index is 12.2. The SMILES string of the molecule is CC(C)OCC(O)CN1CCC(CC(=O)N2CCCC2)CC1. The molecule has 2 fully saturated rings. The molecule has 1 N–H and O–H groups in total. The largest absolute Gasteiger partial charge is 0.389 e. The van der Waals surface area contributed by atoms with Gasteiger partial charge >= 0.3 is 0 Å². The van der Waals surface area contributed by atoms with Crippen molar-refractivity contribution in [3.8, 4) is 0 Å². The van der Waals surface area contributed by atoms with Crippen LogP contribution < -0.4 is 0 Å². The molecule has 22 heavy (non-hydrogen) atoms. The maximum Gasteiger partial charge on any atom is 0.222 e. The van der Waals surface area contributed by atoms with Gasteiger partial charge in [0.05, 0.1) is 18.8 Å². The first-order valence-electron chi connectivity index (χ1n) is 8.84. The maximum atomic E-state index is 12.2. The summed E-state index contributed by atoms with van der Waals surface area (Å²) in [5.41, 5.74) is 0. The normalized spacial score (nSPS) is 22.5. The van der Waals surface area contributed by atoms with Gasteiger partial charge < -0.3 is 19.6 Å². The summed E-state index contributed by atoms with van der Waals surface area (Å²) in [6.07, 6.45) is 4.94. The molecule has 0 bridgehead atoms. The molecule has 0 spiro atoms. The summed E-state index contributed by atoms with van der Waals surface area (Å²) in [7, 11) is 0. The van der Waals surface area contributed by atoms with Crippen molar-refractivity contribution in [1.29, 1.82) is 0 Å². The summed E-state index contributed by atoms with van der Waals surface area (Å²) >= 11 is 0. The van der Waals surface area contributed by atoms with Crippen molar-refractivity contribution in [3.05, 3.63) is 0 Å². The highest BCUT2D eigenvalue weighted by molar-refractivity contribution is 5.76. The van der Waals surface area contributed by atoms with E-state index in [2.05, 4.69) is 4.90 Å². The molecule has 2 heterocycles. The van der Waals surface area contributed by atoms with Crippen molar-refractivity contribution in [1.82, 2.24) is 9.80 Å². The molecule has 5 heteroatoms. The molecule has 0 aromatic carbocycles. The number of hydrogen-bond acceptors (Lipinski definition) is 4. The summed E-state index contributed by atoms with van der Waals surface area (Å²) in [4.78, 5) is 16.5. The average Bonchev–Trinajstić information content (AvgIpc) is 3.01. The predicted octanol–water partition coefficient (Wildman–Crippen LogP) is 1.50. The average molecular weight is 312 g/mol. The van der Waals surface area contributed by atoms with E-state index in [0.717, 1.165) is 39.0 Å². The highest BCUT2D eigenvalue weighted by atomic mass is 16.5. The van der Waals surface area contributed by atoms with Gasteiger partial charge in [0.2, 0.25) is 5.91 Å². The van der Waals surface area contributed by atoms with Crippen molar-refractivity contribution < 1.29 is 14.6 Å². The molecule has 2 aliphatic heterocycles. The van der Waals surface area contributed by atoms with E-state index in [-0.39, 0.29) is 6.10 Å². The minimum Gasteiger partial charge on any atom is -0.389 e. The number of aliphatic hydroxyl groups is 1. The molecule has 0 radical (unpaired) electrons. The minimum absolute atomic E-state index is 0.164. The lowest BCUT2D eigenvalue weighted by Crippen LogP contribution is -2.41. The zero-order valence-corrected chi connectivity index (χ0v) is 14.2. The van der Waals surface area contributed by atoms with E-state index in [1.54, 1.807) is 0 Å². The summed E-state index contributed by atoms with van der Waals surface area (Å²) in [6.45, 7) is 8.93. The number of likely N-dealkylation sites (tertiary alicyclic amines) is 2. The number of β-amino-alcohol motifs (C(OH)–C–C–N with tert-alkyl or cyclic N) is 1. The van der Waals surface area contributed by atoms with Crippen LogP contribution >= 0.6 is 0 Å². The van der Waals surface area contributed by atoms with Gasteiger partial charge in [0.1, 0.15) is 0 Å². The number of piperidine rings is 1. The molecule has 1 atom stereocenters. The van der Waals surface area contributed by atoms with E-state index in [9.17, 15) is 9.90 Å². The molecule has 2 saturated heterocycles. The molecule has 0 aromatic rings. The highest BCUT2D eigenvalue weighted by Crippen LogP contribution is 2.22. The third-order valence-electron chi connectivity index (χ3n) is 4.72. The Morgan fingerprint density at radius 2 is 1.82 bits per heavy atom. The van der Waals surface area contributed by atoms with Gasteiger partial charge in [-0.05, 0) is 58.5 Å². The summed E-state index contributed by atoms with van der Waals surface area (Å²) < 4.78 is 5.45. The van der Waals surface area contributed by atoms with Gasteiger partial charge in [-0.25, -0.2) is 0 Å². The Hall–Kier alpha value is -0.650. The van der Waals surface area contributed by atoms with Gasteiger partial charge in [-0.3, -0.25) is 4.79 Å². The van der Waals surface area contributed by atoms with Crippen molar-refractivity contribution in [3.63, 3.8) is 0 Å². The van der Waals surface area contributed by atoms with Gasteiger partial charge in [0.25, 0.3) is 0 Å². The lowest BCUT2D eigenvalue weighted by Gasteiger charge is -2.33. The first-order valence-corrected chi connectivity index (χ1v) is 8.84. The van der Waals surface area contributed by atoms with Crippen LogP contribution in [0.4, 0.5) is 0 Å². The van der Waals surface area contributed by atoms with E-state index in [4.69, 9.17) is 4.74 Å². The van der Waals surface area contributed by atoms with Gasteiger partial charge in [0.15, 0.2) is 0 Å². The van der Waals surface area contributed by atoms with Crippen LogP contribution in [0.1, 0.15) is 46.0 Å². The third kappa shape index (κ3) is 5.86. The van der Waals surface area contributed by atoms with E-state index in [1.165, 1.54) is 12.8 Å². The zero-order chi connectivity index (χ0) is 15.9. The van der Waals surface area contributed by atoms with E-state index in [1.807, 2.05) is 18.7 Å². The van der Waals surface area contributed by atoms with Crippen molar-refractivity contribution >= 4 is 5.91 Å². The Labute approximate surface area is 134 Å². The van der Waals surface area contributed by atoms with Crippen molar-refractivity contribution in [2.75, 3.05) is 39.3 Å². The fourth-order valence-electron chi connectivity index (χ4n) is 3.37. The Bertz CT molecular complexity index is 335. The molecule has 128 valence electrons. The van der Waals surface area contributed by atoms with E-state index >= 15 is 0 Å². The van der Waals surface area contributed by atoms with Crippen LogP contribution in [0.15, 0.2) is 0 Å². The topological polar surface area (TPSA) is 53.0 Å². The molecule has 2 rings (SSSR count). The molecule has 1 unspecified atom stereocenters. The quantitative estimate of drug-likeness (QED) is 0.774. The third-order valence-corrected chi connectivity index (χ3v) is 4.72. The van der Waals surface area contributed by atoms with Crippen LogP contribution in [0, 0.1) is 5.92 Å². The zero-order valence-electron chi connectivity index (χ0n) is 14.2. The monoisotopic (exact) mass is 312 g/mol. The van der Waals surface area contributed by atoms with Crippen LogP contribution in [-0.4, -0.2) is 72.4 Å². The predicted molar refractivity (Wildman–Crippen MR) is 86.7 cm³/mol. The first kappa shape index (κ1) is 17.7. The molecular weight excluding hydrogens is 280 g/mol. The lowest BCUT2D eigenvalue weighted by atomic mass is 9.93. The van der Waals surface area contributed by atoms with Crippen LogP contribution in [0.3, 0.4) is 0 Å². The second kappa shape index (κ2) is 8.85. The molecule has 0 saturated carbocycles. The number of carbonyl (C=O) groups excluding carboxylic acids is 1. The lowest BCUT2D eigenvalue weighted by molar-refractivity contribution is -0.131. The van der Waals surface area contributed by atoms with E-state index < -0.39 is 6.10 Å². The summed E-state index contributed by atoms with van der Waals surface area (Å²) in [6, 6.07) is 0. The number of aliphatic hydroxyl groups excluding tert-OH is 1. The molecule has 5 nitrogen and oxygen atoms in total. The summed E-state index contributed by atoms with van der Waals surface area (Å²) in [5, 5.41) is 9.98. The first-order chi connectivity index (χ1) is 10.5. The number of hydrogen-bond donors (Lipinski definition) is 1. The van der Waals surface area contributed by atoms with Gasteiger partial charge in [0, 0.05) is 26.1 Å². The Balaban J connectivity index is 1.61. The number of amides is 1. The number of ether oxygens (including phenoxy) is 1. The molecule has 2 aliphatic rings.